The number of urea groups is 1. The minimum Gasteiger partial charge on any atom is -0.480 e. The summed E-state index contributed by atoms with van der Waals surface area (Å²) >= 11 is 0. The second-order valence-corrected chi connectivity index (χ2v) is 5.44. The number of amides is 2. The fourth-order valence-corrected chi connectivity index (χ4v) is 2.66. The maximum Gasteiger partial charge on any atom is 0.329 e. The summed E-state index contributed by atoms with van der Waals surface area (Å²) < 4.78 is 10.7. The molecule has 2 heterocycles. The summed E-state index contributed by atoms with van der Waals surface area (Å²) in [7, 11) is 0. The predicted molar refractivity (Wildman–Crippen MR) is 70.5 cm³/mol. The molecule has 0 aromatic carbocycles. The van der Waals surface area contributed by atoms with E-state index >= 15 is 0 Å². The number of rotatable bonds is 4. The van der Waals surface area contributed by atoms with Crippen LogP contribution in [0.4, 0.5) is 4.79 Å². The largest absolute Gasteiger partial charge is 0.480 e. The fourth-order valence-electron chi connectivity index (χ4n) is 2.66. The molecule has 0 aliphatic carbocycles. The third kappa shape index (κ3) is 3.40. The zero-order valence-electron chi connectivity index (χ0n) is 11.7. The Bertz CT molecular complexity index is 362. The van der Waals surface area contributed by atoms with Gasteiger partial charge in [0, 0.05) is 32.7 Å². The highest BCUT2D eigenvalue weighted by Gasteiger charge is 2.42. The van der Waals surface area contributed by atoms with Crippen molar-refractivity contribution in [2.75, 3.05) is 19.8 Å². The maximum absolute atomic E-state index is 12.0. The van der Waals surface area contributed by atoms with Gasteiger partial charge in [-0.2, -0.15) is 0 Å². The number of carboxylic acids is 1. The SMILES string of the molecule is CC(NC(=O)NC1(C(=O)O)CCOCC1)C1CCCO1. The highest BCUT2D eigenvalue weighted by atomic mass is 16.5. The van der Waals surface area contributed by atoms with Gasteiger partial charge >= 0.3 is 12.0 Å². The van der Waals surface area contributed by atoms with Crippen molar-refractivity contribution in [1.29, 1.82) is 0 Å². The van der Waals surface area contributed by atoms with E-state index in [4.69, 9.17) is 9.47 Å². The third-order valence-electron chi connectivity index (χ3n) is 3.99. The molecule has 114 valence electrons. The lowest BCUT2D eigenvalue weighted by atomic mass is 9.90. The first-order valence-corrected chi connectivity index (χ1v) is 7.05. The Hall–Kier alpha value is -1.34. The van der Waals surface area contributed by atoms with Gasteiger partial charge in [0.2, 0.25) is 0 Å². The number of aliphatic carboxylic acids is 1. The number of ether oxygens (including phenoxy) is 2. The van der Waals surface area contributed by atoms with Gasteiger partial charge in [0.15, 0.2) is 0 Å². The molecule has 20 heavy (non-hydrogen) atoms. The van der Waals surface area contributed by atoms with Crippen molar-refractivity contribution in [2.45, 2.75) is 50.3 Å². The monoisotopic (exact) mass is 286 g/mol. The number of carbonyl (C=O) groups is 2. The second kappa shape index (κ2) is 6.41. The highest BCUT2D eigenvalue weighted by Crippen LogP contribution is 2.21. The van der Waals surface area contributed by atoms with Gasteiger partial charge in [0.05, 0.1) is 12.1 Å². The van der Waals surface area contributed by atoms with Crippen molar-refractivity contribution in [3.05, 3.63) is 0 Å². The lowest BCUT2D eigenvalue weighted by molar-refractivity contribution is -0.148. The van der Waals surface area contributed by atoms with Crippen LogP contribution in [-0.4, -0.2) is 54.6 Å². The Labute approximate surface area is 118 Å². The highest BCUT2D eigenvalue weighted by molar-refractivity contribution is 5.86. The average Bonchev–Trinajstić information content (AvgIpc) is 2.93. The summed E-state index contributed by atoms with van der Waals surface area (Å²) in [5.41, 5.74) is -1.22. The molecule has 0 saturated carbocycles. The van der Waals surface area contributed by atoms with Crippen molar-refractivity contribution >= 4 is 12.0 Å². The molecule has 2 saturated heterocycles. The van der Waals surface area contributed by atoms with E-state index < -0.39 is 17.5 Å². The van der Waals surface area contributed by atoms with E-state index in [-0.39, 0.29) is 25.0 Å². The van der Waals surface area contributed by atoms with Crippen LogP contribution in [0.5, 0.6) is 0 Å². The molecule has 7 heteroatoms. The van der Waals surface area contributed by atoms with Crippen LogP contribution in [0.25, 0.3) is 0 Å². The molecule has 0 aromatic rings. The van der Waals surface area contributed by atoms with E-state index in [0.717, 1.165) is 12.8 Å². The molecule has 2 rings (SSSR count). The van der Waals surface area contributed by atoms with Crippen LogP contribution >= 0.6 is 0 Å². The summed E-state index contributed by atoms with van der Waals surface area (Å²) in [6.07, 6.45) is 2.48. The second-order valence-electron chi connectivity index (χ2n) is 5.44. The van der Waals surface area contributed by atoms with E-state index in [1.807, 2.05) is 6.92 Å². The van der Waals surface area contributed by atoms with E-state index in [1.54, 1.807) is 0 Å². The molecule has 0 radical (unpaired) electrons. The van der Waals surface area contributed by atoms with Crippen LogP contribution in [0.3, 0.4) is 0 Å². The van der Waals surface area contributed by atoms with Gasteiger partial charge in [0.25, 0.3) is 0 Å². The summed E-state index contributed by atoms with van der Waals surface area (Å²) in [6, 6.07) is -0.597. The van der Waals surface area contributed by atoms with Gasteiger partial charge in [-0.3, -0.25) is 0 Å². The van der Waals surface area contributed by atoms with E-state index in [9.17, 15) is 14.7 Å². The topological polar surface area (TPSA) is 96.9 Å². The fraction of sp³-hybridized carbons (Fsp3) is 0.846. The normalized spacial score (nSPS) is 26.8. The number of carbonyl (C=O) groups excluding carboxylic acids is 1. The Morgan fingerprint density at radius 2 is 2.00 bits per heavy atom. The predicted octanol–water partition coefficient (Wildman–Crippen LogP) is 0.487. The summed E-state index contributed by atoms with van der Waals surface area (Å²) in [4.78, 5) is 23.4. The van der Waals surface area contributed by atoms with Crippen molar-refractivity contribution in [1.82, 2.24) is 10.6 Å². The molecular formula is C13H22N2O5. The molecule has 2 aliphatic rings. The van der Waals surface area contributed by atoms with Crippen LogP contribution in [0.15, 0.2) is 0 Å². The molecule has 3 N–H and O–H groups in total. The van der Waals surface area contributed by atoms with Crippen molar-refractivity contribution < 1.29 is 24.2 Å². The van der Waals surface area contributed by atoms with Crippen LogP contribution in [0.2, 0.25) is 0 Å². The smallest absolute Gasteiger partial charge is 0.329 e. The van der Waals surface area contributed by atoms with Crippen molar-refractivity contribution in [3.63, 3.8) is 0 Å². The maximum atomic E-state index is 12.0. The molecule has 2 amide bonds. The summed E-state index contributed by atoms with van der Waals surface area (Å²) in [5, 5.41) is 14.7. The van der Waals surface area contributed by atoms with E-state index in [0.29, 0.717) is 19.8 Å². The number of hydrogen-bond acceptors (Lipinski definition) is 4. The summed E-state index contributed by atoms with van der Waals surface area (Å²) in [6.45, 7) is 3.27. The summed E-state index contributed by atoms with van der Waals surface area (Å²) in [5.74, 6) is -1.01. The van der Waals surface area contributed by atoms with Crippen LogP contribution in [0.1, 0.15) is 32.6 Å². The molecule has 0 aromatic heterocycles. The third-order valence-corrected chi connectivity index (χ3v) is 3.99. The first-order chi connectivity index (χ1) is 9.53. The average molecular weight is 286 g/mol. The first kappa shape index (κ1) is 15.1. The molecule has 0 spiro atoms. The Morgan fingerprint density at radius 3 is 2.55 bits per heavy atom. The Morgan fingerprint density at radius 1 is 1.30 bits per heavy atom. The molecule has 2 atom stereocenters. The Balaban J connectivity index is 1.89. The molecule has 7 nitrogen and oxygen atoms in total. The van der Waals surface area contributed by atoms with E-state index in [1.165, 1.54) is 0 Å². The number of hydrogen-bond donors (Lipinski definition) is 3. The van der Waals surface area contributed by atoms with Crippen LogP contribution < -0.4 is 10.6 Å². The lowest BCUT2D eigenvalue weighted by Gasteiger charge is -2.34. The van der Waals surface area contributed by atoms with Crippen molar-refractivity contribution in [2.24, 2.45) is 0 Å². The zero-order chi connectivity index (χ0) is 14.6. The minimum absolute atomic E-state index is 0.0104. The van der Waals surface area contributed by atoms with E-state index in [2.05, 4.69) is 10.6 Å². The van der Waals surface area contributed by atoms with Crippen LogP contribution in [0, 0.1) is 0 Å². The molecule has 0 bridgehead atoms. The molecule has 2 aliphatic heterocycles. The van der Waals surface area contributed by atoms with Gasteiger partial charge in [-0.05, 0) is 19.8 Å². The van der Waals surface area contributed by atoms with Gasteiger partial charge < -0.3 is 25.2 Å². The lowest BCUT2D eigenvalue weighted by Crippen LogP contribution is -2.61. The van der Waals surface area contributed by atoms with Gasteiger partial charge in [-0.15, -0.1) is 0 Å². The minimum atomic E-state index is -1.22. The standard InChI is InChI=1S/C13H22N2O5/c1-9(10-3-2-6-20-10)14-12(18)15-13(11(16)17)4-7-19-8-5-13/h9-10H,2-8H2,1H3,(H,16,17)(H2,14,15,18). The number of carboxylic acid groups (broad SMARTS) is 1. The molecular weight excluding hydrogens is 264 g/mol. The number of nitrogens with one attached hydrogen (secondary N) is 2. The van der Waals surface area contributed by atoms with Crippen molar-refractivity contribution in [3.8, 4) is 0 Å². The quantitative estimate of drug-likeness (QED) is 0.698. The first-order valence-electron chi connectivity index (χ1n) is 7.05. The Kier molecular flexibility index (Phi) is 4.82. The molecule has 2 unspecified atom stereocenters. The van der Waals surface area contributed by atoms with Gasteiger partial charge in [-0.1, -0.05) is 0 Å². The van der Waals surface area contributed by atoms with Gasteiger partial charge in [0.1, 0.15) is 5.54 Å². The zero-order valence-corrected chi connectivity index (χ0v) is 11.7. The molecule has 2 fully saturated rings. The van der Waals surface area contributed by atoms with Gasteiger partial charge in [-0.25, -0.2) is 9.59 Å². The van der Waals surface area contributed by atoms with Crippen LogP contribution in [-0.2, 0) is 14.3 Å².